The van der Waals surface area contributed by atoms with Gasteiger partial charge in [0, 0.05) is 17.3 Å². The highest BCUT2D eigenvalue weighted by Gasteiger charge is 1.99. The molecular weight excluding hydrogens is 237 g/mol. The summed E-state index contributed by atoms with van der Waals surface area (Å²) in [5.41, 5.74) is 2.50. The molecule has 0 aromatic heterocycles. The Morgan fingerprint density at radius 1 is 1.18 bits per heavy atom. The van der Waals surface area contributed by atoms with Gasteiger partial charge in [-0.25, -0.2) is 4.39 Å². The van der Waals surface area contributed by atoms with Crippen molar-refractivity contribution in [3.8, 4) is 0 Å². The zero-order chi connectivity index (χ0) is 12.3. The second kappa shape index (κ2) is 5.19. The molecule has 0 saturated carbocycles. The zero-order valence-electron chi connectivity index (χ0n) is 9.50. The maximum absolute atomic E-state index is 13.3. The van der Waals surface area contributed by atoms with E-state index in [-0.39, 0.29) is 5.82 Å². The lowest BCUT2D eigenvalue weighted by atomic mass is 10.1. The Hall–Kier alpha value is -1.54. The van der Waals surface area contributed by atoms with Crippen LogP contribution in [-0.2, 0) is 6.54 Å². The molecule has 17 heavy (non-hydrogen) atoms. The van der Waals surface area contributed by atoms with E-state index in [1.807, 2.05) is 30.3 Å². The quantitative estimate of drug-likeness (QED) is 0.850. The molecule has 0 spiro atoms. The second-order valence-electron chi connectivity index (χ2n) is 3.95. The third-order valence-corrected chi connectivity index (χ3v) is 2.79. The van der Waals surface area contributed by atoms with Crippen LogP contribution in [0.4, 0.5) is 10.1 Å². The minimum atomic E-state index is -0.171. The van der Waals surface area contributed by atoms with E-state index in [4.69, 9.17) is 11.6 Å². The largest absolute Gasteiger partial charge is 0.381 e. The van der Waals surface area contributed by atoms with Gasteiger partial charge in [0.2, 0.25) is 0 Å². The molecule has 0 unspecified atom stereocenters. The molecule has 0 radical (unpaired) electrons. The predicted octanol–water partition coefficient (Wildman–Crippen LogP) is 4.40. The van der Waals surface area contributed by atoms with Crippen LogP contribution >= 0.6 is 11.6 Å². The number of halogens is 2. The van der Waals surface area contributed by atoms with E-state index in [0.717, 1.165) is 11.3 Å². The summed E-state index contributed by atoms with van der Waals surface area (Å²) in [4.78, 5) is 0. The van der Waals surface area contributed by atoms with Gasteiger partial charge in [-0.2, -0.15) is 0 Å². The third kappa shape index (κ3) is 3.21. The van der Waals surface area contributed by atoms with Crippen LogP contribution in [0.2, 0.25) is 5.02 Å². The fourth-order valence-corrected chi connectivity index (χ4v) is 1.74. The van der Waals surface area contributed by atoms with E-state index in [9.17, 15) is 4.39 Å². The molecule has 2 aromatic carbocycles. The number of hydrogen-bond donors (Lipinski definition) is 1. The van der Waals surface area contributed by atoms with Crippen LogP contribution in [0.3, 0.4) is 0 Å². The molecule has 2 rings (SSSR count). The van der Waals surface area contributed by atoms with Gasteiger partial charge in [0.25, 0.3) is 0 Å². The van der Waals surface area contributed by atoms with Crippen LogP contribution in [0, 0.1) is 12.7 Å². The number of aryl methyl sites for hydroxylation is 1. The molecule has 88 valence electrons. The first-order chi connectivity index (χ1) is 8.15. The highest BCUT2D eigenvalue weighted by molar-refractivity contribution is 6.30. The summed E-state index contributed by atoms with van der Waals surface area (Å²) < 4.78 is 13.3. The lowest BCUT2D eigenvalue weighted by Crippen LogP contribution is -2.00. The Morgan fingerprint density at radius 2 is 2.00 bits per heavy atom. The summed E-state index contributed by atoms with van der Waals surface area (Å²) in [5.74, 6) is -0.171. The van der Waals surface area contributed by atoms with Crippen LogP contribution in [0.5, 0.6) is 0 Å². The number of rotatable bonds is 3. The van der Waals surface area contributed by atoms with Crippen molar-refractivity contribution in [2.75, 3.05) is 5.32 Å². The number of benzene rings is 2. The Kier molecular flexibility index (Phi) is 3.64. The first-order valence-corrected chi connectivity index (χ1v) is 5.77. The third-order valence-electron chi connectivity index (χ3n) is 2.56. The van der Waals surface area contributed by atoms with Gasteiger partial charge in [-0.15, -0.1) is 0 Å². The van der Waals surface area contributed by atoms with Crippen molar-refractivity contribution in [3.05, 3.63) is 64.4 Å². The van der Waals surface area contributed by atoms with Crippen molar-refractivity contribution >= 4 is 17.3 Å². The van der Waals surface area contributed by atoms with Crippen molar-refractivity contribution in [1.29, 1.82) is 0 Å². The van der Waals surface area contributed by atoms with Gasteiger partial charge in [-0.1, -0.05) is 29.8 Å². The van der Waals surface area contributed by atoms with Crippen LogP contribution in [0.25, 0.3) is 0 Å². The SMILES string of the molecule is Cc1ccc(CNc2cccc(Cl)c2)cc1F. The molecule has 0 aliphatic heterocycles. The Labute approximate surface area is 105 Å². The van der Waals surface area contributed by atoms with Crippen LogP contribution in [-0.4, -0.2) is 0 Å². The molecule has 0 atom stereocenters. The second-order valence-corrected chi connectivity index (χ2v) is 4.38. The average Bonchev–Trinajstić information content (AvgIpc) is 2.31. The molecule has 1 N–H and O–H groups in total. The van der Waals surface area contributed by atoms with E-state index >= 15 is 0 Å². The smallest absolute Gasteiger partial charge is 0.126 e. The minimum absolute atomic E-state index is 0.171. The molecule has 1 nitrogen and oxygen atoms in total. The van der Waals surface area contributed by atoms with E-state index in [0.29, 0.717) is 17.1 Å². The molecule has 0 saturated heterocycles. The van der Waals surface area contributed by atoms with Gasteiger partial charge in [0.15, 0.2) is 0 Å². The summed E-state index contributed by atoms with van der Waals surface area (Å²) >= 11 is 5.87. The van der Waals surface area contributed by atoms with E-state index < -0.39 is 0 Å². The summed E-state index contributed by atoms with van der Waals surface area (Å²) in [6, 6.07) is 12.7. The molecule has 3 heteroatoms. The minimum Gasteiger partial charge on any atom is -0.381 e. The first kappa shape index (κ1) is 11.9. The molecule has 0 aliphatic carbocycles. The monoisotopic (exact) mass is 249 g/mol. The summed E-state index contributed by atoms with van der Waals surface area (Å²) in [7, 11) is 0. The Balaban J connectivity index is 2.05. The summed E-state index contributed by atoms with van der Waals surface area (Å²) in [6.07, 6.45) is 0. The Morgan fingerprint density at radius 3 is 2.71 bits per heavy atom. The summed E-state index contributed by atoms with van der Waals surface area (Å²) in [5, 5.41) is 3.88. The summed E-state index contributed by atoms with van der Waals surface area (Å²) in [6.45, 7) is 2.33. The molecule has 0 fully saturated rings. The highest BCUT2D eigenvalue weighted by Crippen LogP contribution is 2.16. The van der Waals surface area contributed by atoms with Crippen molar-refractivity contribution < 1.29 is 4.39 Å². The number of hydrogen-bond acceptors (Lipinski definition) is 1. The fourth-order valence-electron chi connectivity index (χ4n) is 1.55. The lowest BCUT2D eigenvalue weighted by molar-refractivity contribution is 0.616. The van der Waals surface area contributed by atoms with Crippen LogP contribution in [0.1, 0.15) is 11.1 Å². The predicted molar refractivity (Wildman–Crippen MR) is 69.9 cm³/mol. The van der Waals surface area contributed by atoms with Crippen molar-refractivity contribution in [2.24, 2.45) is 0 Å². The van der Waals surface area contributed by atoms with E-state index in [1.165, 1.54) is 0 Å². The topological polar surface area (TPSA) is 12.0 Å². The van der Waals surface area contributed by atoms with Gasteiger partial charge in [0.05, 0.1) is 0 Å². The first-order valence-electron chi connectivity index (χ1n) is 5.39. The standard InChI is InChI=1S/C14H13ClFN/c1-10-5-6-11(7-14(10)16)9-17-13-4-2-3-12(15)8-13/h2-8,17H,9H2,1H3. The highest BCUT2D eigenvalue weighted by atomic mass is 35.5. The van der Waals surface area contributed by atoms with Crippen molar-refractivity contribution in [2.45, 2.75) is 13.5 Å². The van der Waals surface area contributed by atoms with Gasteiger partial charge in [-0.3, -0.25) is 0 Å². The van der Waals surface area contributed by atoms with Gasteiger partial charge < -0.3 is 5.32 Å². The van der Waals surface area contributed by atoms with Crippen LogP contribution in [0.15, 0.2) is 42.5 Å². The fraction of sp³-hybridized carbons (Fsp3) is 0.143. The van der Waals surface area contributed by atoms with Gasteiger partial charge >= 0.3 is 0 Å². The van der Waals surface area contributed by atoms with Gasteiger partial charge in [0.1, 0.15) is 5.82 Å². The molecule has 0 bridgehead atoms. The van der Waals surface area contributed by atoms with E-state index in [1.54, 1.807) is 19.1 Å². The zero-order valence-corrected chi connectivity index (χ0v) is 10.3. The molecule has 2 aromatic rings. The maximum Gasteiger partial charge on any atom is 0.126 e. The molecule has 0 amide bonds. The molecule has 0 aliphatic rings. The van der Waals surface area contributed by atoms with Crippen molar-refractivity contribution in [1.82, 2.24) is 0 Å². The number of anilines is 1. The average molecular weight is 250 g/mol. The Bertz CT molecular complexity index is 525. The molecular formula is C14H13ClFN. The van der Waals surface area contributed by atoms with Gasteiger partial charge in [-0.05, 0) is 42.3 Å². The van der Waals surface area contributed by atoms with E-state index in [2.05, 4.69) is 5.32 Å². The number of nitrogens with one attached hydrogen (secondary N) is 1. The van der Waals surface area contributed by atoms with Crippen molar-refractivity contribution in [3.63, 3.8) is 0 Å². The molecule has 0 heterocycles. The lowest BCUT2D eigenvalue weighted by Gasteiger charge is -2.07. The normalized spacial score (nSPS) is 10.3. The van der Waals surface area contributed by atoms with Crippen LogP contribution < -0.4 is 5.32 Å². The maximum atomic E-state index is 13.3.